The Morgan fingerprint density at radius 1 is 1.09 bits per heavy atom. The number of anilines is 1. The van der Waals surface area contributed by atoms with E-state index in [1.54, 1.807) is 12.1 Å². The summed E-state index contributed by atoms with van der Waals surface area (Å²) < 4.78 is 0. The third-order valence-electron chi connectivity index (χ3n) is 3.68. The van der Waals surface area contributed by atoms with Gasteiger partial charge in [-0.3, -0.25) is 9.89 Å². The number of hydrogen-bond acceptors (Lipinski definition) is 2. The lowest BCUT2D eigenvalue weighted by Gasteiger charge is -2.09. The Bertz CT molecular complexity index is 836. The number of aryl methyl sites for hydroxylation is 2. The van der Waals surface area contributed by atoms with Crippen molar-refractivity contribution in [2.45, 2.75) is 13.8 Å². The van der Waals surface area contributed by atoms with E-state index in [0.29, 0.717) is 16.3 Å². The number of aromatic amines is 1. The summed E-state index contributed by atoms with van der Waals surface area (Å²) in [5.41, 5.74) is 4.66. The number of nitrogens with one attached hydrogen (secondary N) is 2. The van der Waals surface area contributed by atoms with E-state index in [0.717, 1.165) is 22.5 Å². The van der Waals surface area contributed by atoms with Gasteiger partial charge in [-0.15, -0.1) is 0 Å². The Morgan fingerprint density at radius 3 is 2.48 bits per heavy atom. The molecule has 3 rings (SSSR count). The number of amides is 1. The molecule has 0 atom stereocenters. The minimum atomic E-state index is -0.250. The van der Waals surface area contributed by atoms with Crippen LogP contribution in [0.15, 0.2) is 48.5 Å². The molecule has 23 heavy (non-hydrogen) atoms. The normalized spacial score (nSPS) is 10.6. The number of hydrogen-bond donors (Lipinski definition) is 2. The number of benzene rings is 2. The van der Waals surface area contributed by atoms with Crippen LogP contribution < -0.4 is 5.32 Å². The van der Waals surface area contributed by atoms with Gasteiger partial charge in [0.25, 0.3) is 5.91 Å². The number of carbonyl (C=O) groups excluding carboxylic acids is 1. The van der Waals surface area contributed by atoms with Gasteiger partial charge >= 0.3 is 0 Å². The van der Waals surface area contributed by atoms with E-state index in [2.05, 4.69) is 15.5 Å². The maximum Gasteiger partial charge on any atom is 0.257 e. The molecule has 0 aliphatic heterocycles. The lowest BCUT2D eigenvalue weighted by atomic mass is 10.0. The van der Waals surface area contributed by atoms with Crippen molar-refractivity contribution in [3.63, 3.8) is 0 Å². The summed E-state index contributed by atoms with van der Waals surface area (Å²) in [6, 6.07) is 15.3. The fourth-order valence-corrected chi connectivity index (χ4v) is 2.63. The van der Waals surface area contributed by atoms with Gasteiger partial charge in [0.05, 0.1) is 27.7 Å². The standard InChI is InChI=1S/C18H16ClN3O/c1-11-17(12(2)22-21-11)20-18(23)15-10-14(8-9-16(15)19)13-6-4-3-5-7-13/h3-10H,1-2H3,(H,20,23)(H,21,22). The molecule has 2 N–H and O–H groups in total. The molecule has 0 fully saturated rings. The van der Waals surface area contributed by atoms with Crippen molar-refractivity contribution in [2.75, 3.05) is 5.32 Å². The predicted molar refractivity (Wildman–Crippen MR) is 92.9 cm³/mol. The first-order valence-corrected chi connectivity index (χ1v) is 7.62. The molecule has 0 radical (unpaired) electrons. The van der Waals surface area contributed by atoms with Crippen molar-refractivity contribution in [3.8, 4) is 11.1 Å². The molecule has 0 saturated heterocycles. The van der Waals surface area contributed by atoms with Crippen LogP contribution in [0, 0.1) is 13.8 Å². The summed E-state index contributed by atoms with van der Waals surface area (Å²) in [5, 5.41) is 10.2. The molecule has 0 aliphatic carbocycles. The highest BCUT2D eigenvalue weighted by atomic mass is 35.5. The van der Waals surface area contributed by atoms with Crippen LogP contribution in [0.4, 0.5) is 5.69 Å². The molecule has 0 aliphatic rings. The fraction of sp³-hybridized carbons (Fsp3) is 0.111. The van der Waals surface area contributed by atoms with E-state index in [9.17, 15) is 4.79 Å². The van der Waals surface area contributed by atoms with E-state index < -0.39 is 0 Å². The summed E-state index contributed by atoms with van der Waals surface area (Å²) in [6.07, 6.45) is 0. The number of H-pyrrole nitrogens is 1. The molecule has 4 nitrogen and oxygen atoms in total. The average Bonchev–Trinajstić information content (AvgIpc) is 2.88. The molecule has 0 unspecified atom stereocenters. The van der Waals surface area contributed by atoms with Crippen LogP contribution >= 0.6 is 11.6 Å². The van der Waals surface area contributed by atoms with Crippen molar-refractivity contribution in [2.24, 2.45) is 0 Å². The van der Waals surface area contributed by atoms with E-state index in [1.165, 1.54) is 0 Å². The van der Waals surface area contributed by atoms with Crippen molar-refractivity contribution >= 4 is 23.2 Å². The van der Waals surface area contributed by atoms with Crippen molar-refractivity contribution < 1.29 is 4.79 Å². The second kappa shape index (κ2) is 6.26. The summed E-state index contributed by atoms with van der Waals surface area (Å²) in [7, 11) is 0. The van der Waals surface area contributed by atoms with Crippen LogP contribution in [0.5, 0.6) is 0 Å². The largest absolute Gasteiger partial charge is 0.319 e. The van der Waals surface area contributed by atoms with Gasteiger partial charge in [0.2, 0.25) is 0 Å². The highest BCUT2D eigenvalue weighted by Crippen LogP contribution is 2.26. The first-order chi connectivity index (χ1) is 11.1. The second-order valence-electron chi connectivity index (χ2n) is 5.32. The van der Waals surface area contributed by atoms with Crippen molar-refractivity contribution in [1.29, 1.82) is 0 Å². The zero-order chi connectivity index (χ0) is 16.4. The van der Waals surface area contributed by atoms with E-state index in [4.69, 9.17) is 11.6 Å². The zero-order valence-corrected chi connectivity index (χ0v) is 13.6. The highest BCUT2D eigenvalue weighted by Gasteiger charge is 2.15. The lowest BCUT2D eigenvalue weighted by molar-refractivity contribution is 0.102. The third-order valence-corrected chi connectivity index (χ3v) is 4.01. The Hall–Kier alpha value is -2.59. The zero-order valence-electron chi connectivity index (χ0n) is 12.9. The van der Waals surface area contributed by atoms with E-state index in [-0.39, 0.29) is 5.91 Å². The van der Waals surface area contributed by atoms with Gasteiger partial charge in [0.1, 0.15) is 0 Å². The van der Waals surface area contributed by atoms with Gasteiger partial charge in [-0.05, 0) is 37.1 Å². The molecule has 0 saturated carbocycles. The number of carbonyl (C=O) groups is 1. The van der Waals surface area contributed by atoms with Gasteiger partial charge in [0.15, 0.2) is 0 Å². The molecule has 2 aromatic carbocycles. The highest BCUT2D eigenvalue weighted by molar-refractivity contribution is 6.34. The third kappa shape index (κ3) is 3.12. The maximum atomic E-state index is 12.6. The topological polar surface area (TPSA) is 57.8 Å². The molecular formula is C18H16ClN3O. The van der Waals surface area contributed by atoms with Crippen LogP contribution in [-0.4, -0.2) is 16.1 Å². The Labute approximate surface area is 139 Å². The Morgan fingerprint density at radius 2 is 1.83 bits per heavy atom. The molecule has 1 amide bonds. The fourth-order valence-electron chi connectivity index (χ4n) is 2.43. The van der Waals surface area contributed by atoms with Gasteiger partial charge < -0.3 is 5.32 Å². The summed E-state index contributed by atoms with van der Waals surface area (Å²) in [4.78, 5) is 12.6. The van der Waals surface area contributed by atoms with Crippen LogP contribution in [0.3, 0.4) is 0 Å². The first kappa shape index (κ1) is 15.3. The quantitative estimate of drug-likeness (QED) is 0.739. The summed E-state index contributed by atoms with van der Waals surface area (Å²) in [6.45, 7) is 3.69. The SMILES string of the molecule is Cc1n[nH]c(C)c1NC(=O)c1cc(-c2ccccc2)ccc1Cl. The summed E-state index contributed by atoms with van der Waals surface area (Å²) in [5.74, 6) is -0.250. The molecule has 5 heteroatoms. The van der Waals surface area contributed by atoms with E-state index >= 15 is 0 Å². The lowest BCUT2D eigenvalue weighted by Crippen LogP contribution is -2.13. The molecule has 0 bridgehead atoms. The number of halogens is 1. The molecular weight excluding hydrogens is 310 g/mol. The smallest absolute Gasteiger partial charge is 0.257 e. The van der Waals surface area contributed by atoms with Crippen LogP contribution in [0.1, 0.15) is 21.7 Å². The molecule has 1 aromatic heterocycles. The Kier molecular flexibility index (Phi) is 4.17. The van der Waals surface area contributed by atoms with Crippen LogP contribution in [-0.2, 0) is 0 Å². The van der Waals surface area contributed by atoms with Gasteiger partial charge in [0, 0.05) is 0 Å². The molecule has 1 heterocycles. The predicted octanol–water partition coefficient (Wildman–Crippen LogP) is 4.60. The van der Waals surface area contributed by atoms with Gasteiger partial charge in [-0.2, -0.15) is 5.10 Å². The number of aromatic nitrogens is 2. The van der Waals surface area contributed by atoms with Gasteiger partial charge in [-0.25, -0.2) is 0 Å². The number of nitrogens with zero attached hydrogens (tertiary/aromatic N) is 1. The average molecular weight is 326 g/mol. The van der Waals surface area contributed by atoms with Crippen LogP contribution in [0.2, 0.25) is 5.02 Å². The van der Waals surface area contributed by atoms with Crippen LogP contribution in [0.25, 0.3) is 11.1 Å². The second-order valence-corrected chi connectivity index (χ2v) is 5.73. The maximum absolute atomic E-state index is 12.6. The van der Waals surface area contributed by atoms with Gasteiger partial charge in [-0.1, -0.05) is 48.0 Å². The monoisotopic (exact) mass is 325 g/mol. The number of rotatable bonds is 3. The minimum absolute atomic E-state index is 0.250. The summed E-state index contributed by atoms with van der Waals surface area (Å²) >= 11 is 6.21. The van der Waals surface area contributed by atoms with Crippen molar-refractivity contribution in [3.05, 3.63) is 70.5 Å². The first-order valence-electron chi connectivity index (χ1n) is 7.24. The molecule has 0 spiro atoms. The molecule has 116 valence electrons. The molecule has 3 aromatic rings. The van der Waals surface area contributed by atoms with E-state index in [1.807, 2.05) is 50.2 Å². The minimum Gasteiger partial charge on any atom is -0.319 e. The van der Waals surface area contributed by atoms with Crippen molar-refractivity contribution in [1.82, 2.24) is 10.2 Å². The Balaban J connectivity index is 1.94.